The van der Waals surface area contributed by atoms with E-state index < -0.39 is 42.6 Å². The summed E-state index contributed by atoms with van der Waals surface area (Å²) >= 11 is 0. The molecule has 1 aliphatic rings. The number of hydrogen-bond acceptors (Lipinski definition) is 18. The van der Waals surface area contributed by atoms with Crippen molar-refractivity contribution in [2.45, 2.75) is 90.0 Å². The summed E-state index contributed by atoms with van der Waals surface area (Å²) in [7, 11) is 6.19. The number of hydrogen-bond donors (Lipinski definition) is 0. The van der Waals surface area contributed by atoms with Crippen LogP contribution in [0.2, 0.25) is 0 Å². The van der Waals surface area contributed by atoms with E-state index in [1.54, 1.807) is 70.1 Å². The van der Waals surface area contributed by atoms with Crippen molar-refractivity contribution < 1.29 is 66.4 Å². The van der Waals surface area contributed by atoms with E-state index in [0.29, 0.717) is 45.5 Å². The lowest BCUT2D eigenvalue weighted by molar-refractivity contribution is -0.331. The maximum atomic E-state index is 13.0. The Morgan fingerprint density at radius 1 is 0.493 bits per heavy atom. The highest BCUT2D eigenvalue weighted by molar-refractivity contribution is 5.69. The first-order valence-electron chi connectivity index (χ1n) is 24.1. The number of carbonyl (C=O) groups is 2. The number of esters is 2. The monoisotopic (exact) mass is 1030 g/mol. The second kappa shape index (κ2) is 27.5. The molecule has 0 aliphatic carbocycles. The third-order valence-corrected chi connectivity index (χ3v) is 11.9. The largest absolute Gasteiger partial charge is 0.497 e. The summed E-state index contributed by atoms with van der Waals surface area (Å²) in [6.07, 6.45) is -1.03. The quantitative estimate of drug-likeness (QED) is 0.0474. The minimum Gasteiger partial charge on any atom is -0.497 e. The molecule has 0 amide bonds. The number of nitrogens with zero attached hydrogens (tertiary/aromatic N) is 6. The molecule has 394 valence electrons. The van der Waals surface area contributed by atoms with Crippen molar-refractivity contribution in [3.8, 4) is 23.0 Å². The van der Waals surface area contributed by atoms with Crippen molar-refractivity contribution in [2.24, 2.45) is 0 Å². The van der Waals surface area contributed by atoms with E-state index in [9.17, 15) is 9.59 Å². The Hall–Kier alpha value is -7.72. The van der Waals surface area contributed by atoms with Crippen LogP contribution in [0.25, 0.3) is 0 Å². The summed E-state index contributed by atoms with van der Waals surface area (Å²) < 4.78 is 75.4. The molecular formula is C55H60N6O14. The van der Waals surface area contributed by atoms with Gasteiger partial charge in [0.2, 0.25) is 0 Å². The average Bonchev–Trinajstić information content (AvgIpc) is 4.11. The topological polar surface area (TPSA) is 206 Å². The fourth-order valence-corrected chi connectivity index (χ4v) is 8.09. The van der Waals surface area contributed by atoms with Crippen LogP contribution >= 0.6 is 0 Å². The molecule has 0 spiro atoms. The van der Waals surface area contributed by atoms with Gasteiger partial charge in [0, 0.05) is 11.1 Å². The van der Waals surface area contributed by atoms with Crippen LogP contribution in [-0.4, -0.2) is 108 Å². The van der Waals surface area contributed by atoms with Gasteiger partial charge in [-0.25, -0.2) is 9.36 Å². The minimum atomic E-state index is -1.06. The third-order valence-electron chi connectivity index (χ3n) is 11.9. The van der Waals surface area contributed by atoms with E-state index in [1.807, 2.05) is 91.0 Å². The van der Waals surface area contributed by atoms with Crippen LogP contribution < -0.4 is 18.9 Å². The fourth-order valence-electron chi connectivity index (χ4n) is 8.09. The lowest BCUT2D eigenvalue weighted by Gasteiger charge is -2.45. The second-order valence-corrected chi connectivity index (χ2v) is 17.1. The minimum absolute atomic E-state index is 0.00682. The van der Waals surface area contributed by atoms with Crippen molar-refractivity contribution in [2.75, 3.05) is 35.0 Å². The summed E-state index contributed by atoms with van der Waals surface area (Å²) in [6, 6.07) is 39.8. The second-order valence-electron chi connectivity index (χ2n) is 17.1. The molecule has 3 heterocycles. The van der Waals surface area contributed by atoms with Gasteiger partial charge in [-0.2, -0.15) is 0 Å². The first-order chi connectivity index (χ1) is 36.8. The molecule has 0 radical (unpaired) electrons. The molecule has 0 bridgehead atoms. The standard InChI is InChI=1S/C55H60N6O14/c1-64-45-20-22-47(66-3)41(24-45)33-69-50(62)28-60-26-43(56-58-60)35-68-37-49-52(71-30-38-14-8-5-9-15-38)53(72-31-39-16-10-6-11-17-39)54(73-32-40-18-12-7-13-19-40)55(75-49)74-36-44-27-61(59-57-44)29-51(63)70-34-42-25-46(65-2)21-23-48(42)67-4/h5-27,49,52-55H,28-37H2,1-4H3/t49-,52-,53+,54-,55+/m1/s1. The number of carbonyl (C=O) groups excluding carboxylic acids is 2. The van der Waals surface area contributed by atoms with Gasteiger partial charge in [0.1, 0.15) is 85.1 Å². The molecule has 75 heavy (non-hydrogen) atoms. The molecule has 1 aliphatic heterocycles. The van der Waals surface area contributed by atoms with Gasteiger partial charge >= 0.3 is 11.9 Å². The first-order valence-corrected chi connectivity index (χ1v) is 24.1. The van der Waals surface area contributed by atoms with Crippen LogP contribution in [0.5, 0.6) is 23.0 Å². The Labute approximate surface area is 434 Å². The fraction of sp³-hybridized carbons (Fsp3) is 0.345. The number of aromatic nitrogens is 6. The van der Waals surface area contributed by atoms with Crippen molar-refractivity contribution in [1.82, 2.24) is 30.0 Å². The zero-order valence-electron chi connectivity index (χ0n) is 42.1. The van der Waals surface area contributed by atoms with Gasteiger partial charge in [-0.1, -0.05) is 101 Å². The molecule has 2 aromatic heterocycles. The molecule has 0 unspecified atom stereocenters. The smallest absolute Gasteiger partial charge is 0.328 e. The predicted octanol–water partition coefficient (Wildman–Crippen LogP) is 6.61. The molecule has 5 aromatic carbocycles. The highest BCUT2D eigenvalue weighted by atomic mass is 16.7. The van der Waals surface area contributed by atoms with Crippen molar-refractivity contribution in [1.29, 1.82) is 0 Å². The summed E-state index contributed by atoms with van der Waals surface area (Å²) in [6.45, 7) is 0.0820. The zero-order chi connectivity index (χ0) is 52.2. The Kier molecular flexibility index (Phi) is 19.7. The molecule has 0 N–H and O–H groups in total. The van der Waals surface area contributed by atoms with E-state index in [0.717, 1.165) is 16.7 Å². The molecular weight excluding hydrogens is 969 g/mol. The average molecular weight is 1030 g/mol. The van der Waals surface area contributed by atoms with E-state index in [2.05, 4.69) is 20.6 Å². The Balaban J connectivity index is 0.981. The Morgan fingerprint density at radius 3 is 1.41 bits per heavy atom. The number of benzene rings is 5. The number of rotatable bonds is 28. The molecule has 20 heteroatoms. The number of methoxy groups -OCH3 is 4. The van der Waals surface area contributed by atoms with E-state index in [4.69, 9.17) is 56.8 Å². The normalized spacial score (nSPS) is 17.3. The van der Waals surface area contributed by atoms with E-state index in [1.165, 1.54) is 16.5 Å². The van der Waals surface area contributed by atoms with Crippen molar-refractivity contribution in [3.05, 3.63) is 179 Å². The lowest BCUT2D eigenvalue weighted by Crippen LogP contribution is -2.61. The summed E-state index contributed by atoms with van der Waals surface area (Å²) in [4.78, 5) is 25.9. The van der Waals surface area contributed by atoms with Crippen LogP contribution in [0.4, 0.5) is 0 Å². The molecule has 1 saturated heterocycles. The highest BCUT2D eigenvalue weighted by Gasteiger charge is 2.49. The summed E-state index contributed by atoms with van der Waals surface area (Å²) in [5.74, 6) is 1.24. The van der Waals surface area contributed by atoms with Gasteiger partial charge in [-0.15, -0.1) is 10.2 Å². The molecule has 1 fully saturated rings. The van der Waals surface area contributed by atoms with Gasteiger partial charge in [-0.3, -0.25) is 9.59 Å². The van der Waals surface area contributed by atoms with Gasteiger partial charge in [0.25, 0.3) is 0 Å². The zero-order valence-corrected chi connectivity index (χ0v) is 42.1. The summed E-state index contributed by atoms with van der Waals surface area (Å²) in [5, 5.41) is 16.8. The molecule has 5 atom stereocenters. The Morgan fingerprint density at radius 2 is 0.947 bits per heavy atom. The van der Waals surface area contributed by atoms with Gasteiger partial charge in [-0.05, 0) is 53.1 Å². The molecule has 8 rings (SSSR count). The Bertz CT molecular complexity index is 2850. The van der Waals surface area contributed by atoms with Gasteiger partial charge < -0.3 is 56.8 Å². The van der Waals surface area contributed by atoms with Crippen LogP contribution in [0, 0.1) is 0 Å². The third kappa shape index (κ3) is 15.7. The lowest BCUT2D eigenvalue weighted by atomic mass is 9.97. The van der Waals surface area contributed by atoms with Crippen LogP contribution in [0.15, 0.2) is 140 Å². The van der Waals surface area contributed by atoms with Crippen LogP contribution in [0.1, 0.15) is 39.2 Å². The SMILES string of the molecule is COc1ccc(OC)c(COC(=O)Cn2cc(COC[C@H]3O[C@H](OCc4cn(CC(=O)OCc5cc(OC)ccc5OC)nn4)[C@H](OCc4ccccc4)[C@@H](OCc4ccccc4)[C@@H]3OCc3ccccc3)nn2)c1. The predicted molar refractivity (Wildman–Crippen MR) is 267 cm³/mol. The van der Waals surface area contributed by atoms with Crippen molar-refractivity contribution >= 4 is 11.9 Å². The highest BCUT2D eigenvalue weighted by Crippen LogP contribution is 2.33. The van der Waals surface area contributed by atoms with Gasteiger partial charge in [0.05, 0.1) is 80.5 Å². The van der Waals surface area contributed by atoms with Gasteiger partial charge in [0.15, 0.2) is 6.29 Å². The van der Waals surface area contributed by atoms with E-state index >= 15 is 0 Å². The molecule has 7 aromatic rings. The number of ether oxygens (including phenoxy) is 12. The molecule has 20 nitrogen and oxygen atoms in total. The molecule has 0 saturated carbocycles. The van der Waals surface area contributed by atoms with Crippen LogP contribution in [-0.2, 0) is 107 Å². The first kappa shape index (κ1) is 53.6. The summed E-state index contributed by atoms with van der Waals surface area (Å²) in [5.41, 5.74) is 4.94. The van der Waals surface area contributed by atoms with E-state index in [-0.39, 0.29) is 65.9 Å². The van der Waals surface area contributed by atoms with Crippen molar-refractivity contribution in [3.63, 3.8) is 0 Å². The maximum Gasteiger partial charge on any atom is 0.328 e. The maximum absolute atomic E-state index is 13.0. The van der Waals surface area contributed by atoms with Crippen LogP contribution in [0.3, 0.4) is 0 Å².